The molecule has 0 bridgehead atoms. The molecule has 20 heteroatoms. The third-order valence-electron chi connectivity index (χ3n) is 19.1. The summed E-state index contributed by atoms with van der Waals surface area (Å²) in [6.45, 7) is 55.8. The fraction of sp³-hybridized carbons (Fsp3) is 0.913. The molecule has 6 aliphatic rings. The van der Waals surface area contributed by atoms with Gasteiger partial charge in [0, 0.05) is 144 Å². The highest BCUT2D eigenvalue weighted by molar-refractivity contribution is 5.92. The number of nitrogens with zero attached hydrogens (tertiary/aromatic N) is 4. The van der Waals surface area contributed by atoms with Crippen molar-refractivity contribution in [1.29, 1.82) is 0 Å². The van der Waals surface area contributed by atoms with Crippen LogP contribution >= 0.6 is 0 Å². The Hall–Kier alpha value is -3.50. The molecule has 2 N–H and O–H groups in total. The Morgan fingerprint density at radius 2 is 0.449 bits per heavy atom. The number of hydrogen-bond acceptors (Lipinski definition) is 20. The topological polar surface area (TPSA) is 213 Å². The molecule has 0 unspecified atom stereocenters. The summed E-state index contributed by atoms with van der Waals surface area (Å²) in [5, 5.41) is 11.1. The van der Waals surface area contributed by atoms with Gasteiger partial charge in [-0.25, -0.2) is 0 Å². The van der Waals surface area contributed by atoms with E-state index in [1.165, 1.54) is 0 Å². The molecule has 6 heterocycles. The summed E-state index contributed by atoms with van der Waals surface area (Å²) < 4.78 is 34.1. The minimum Gasteiger partial charge on any atom is -0.462 e. The third-order valence-corrected chi connectivity index (χ3v) is 19.1. The first kappa shape index (κ1) is 77.9. The van der Waals surface area contributed by atoms with Crippen LogP contribution in [0.25, 0.3) is 0 Å². The van der Waals surface area contributed by atoms with Crippen molar-refractivity contribution < 1.29 is 66.9 Å². The van der Waals surface area contributed by atoms with Gasteiger partial charge in [-0.2, -0.15) is 10.1 Å². The fourth-order valence-electron chi connectivity index (χ4n) is 16.5. The number of nitrogens with one attached hydrogen (secondary N) is 2. The molecule has 0 radical (unpaired) electrons. The number of likely N-dealkylation sites (tertiary alicyclic amines) is 2. The molecule has 6 aliphatic heterocycles. The molecule has 0 aromatic carbocycles. The molecule has 516 valence electrons. The van der Waals surface area contributed by atoms with Gasteiger partial charge in [-0.15, -0.1) is 0 Å². The van der Waals surface area contributed by atoms with Gasteiger partial charge < -0.3 is 39.1 Å². The van der Waals surface area contributed by atoms with Gasteiger partial charge in [0.2, 0.25) is 0 Å². The van der Waals surface area contributed by atoms with Crippen molar-refractivity contribution in [3.05, 3.63) is 0 Å². The molecule has 6 saturated heterocycles. The number of hydroxylamine groups is 4. The molecule has 6 rings (SSSR count). The maximum Gasteiger partial charge on any atom is 0.317 e. The highest BCUT2D eigenvalue weighted by Crippen LogP contribution is 2.44. The van der Waals surface area contributed by atoms with E-state index in [1.54, 1.807) is 0 Å². The van der Waals surface area contributed by atoms with Crippen LogP contribution in [-0.2, 0) is 66.9 Å². The predicted molar refractivity (Wildman–Crippen MR) is 346 cm³/mol. The van der Waals surface area contributed by atoms with E-state index < -0.39 is 35.8 Å². The summed E-state index contributed by atoms with van der Waals surface area (Å²) in [4.78, 5) is 91.0. The smallest absolute Gasteiger partial charge is 0.317 e. The lowest BCUT2D eigenvalue weighted by atomic mass is 9.78. The number of carbonyl (C=O) groups is 6. The highest BCUT2D eigenvalue weighted by Gasteiger charge is 2.51. The Labute approximate surface area is 537 Å². The quantitative estimate of drug-likeness (QED) is 0.0835. The molecule has 0 aliphatic carbocycles. The second kappa shape index (κ2) is 28.6. The van der Waals surface area contributed by atoms with Gasteiger partial charge in [0.05, 0.1) is 13.2 Å². The number of piperidine rings is 6. The second-order valence-electron chi connectivity index (χ2n) is 34.5. The molecule has 0 spiro atoms. The number of carbonyl (C=O) groups excluding carboxylic acids is 6. The van der Waals surface area contributed by atoms with Gasteiger partial charge in [0.1, 0.15) is 55.9 Å². The van der Waals surface area contributed by atoms with E-state index in [0.29, 0.717) is 38.9 Å². The number of esters is 6. The minimum absolute atomic E-state index is 0.0709. The van der Waals surface area contributed by atoms with Gasteiger partial charge >= 0.3 is 35.8 Å². The summed E-state index contributed by atoms with van der Waals surface area (Å²) in [7, 11) is 4.22. The predicted octanol–water partition coefficient (Wildman–Crippen LogP) is 11.3. The summed E-state index contributed by atoms with van der Waals surface area (Å²) in [6, 6.07) is 0. The first-order chi connectivity index (χ1) is 40.1. The van der Waals surface area contributed by atoms with Crippen molar-refractivity contribution >= 4 is 35.8 Å². The average molecular weight is 1260 g/mol. The van der Waals surface area contributed by atoms with Crippen molar-refractivity contribution in [2.75, 3.05) is 27.3 Å². The van der Waals surface area contributed by atoms with Gasteiger partial charge in [-0.05, 0) is 194 Å². The van der Waals surface area contributed by atoms with E-state index in [2.05, 4.69) is 201 Å². The fourth-order valence-corrected chi connectivity index (χ4v) is 16.5. The molecule has 0 saturated carbocycles. The van der Waals surface area contributed by atoms with Crippen LogP contribution in [0.2, 0.25) is 0 Å². The van der Waals surface area contributed by atoms with Crippen LogP contribution in [0.15, 0.2) is 0 Å². The maximum absolute atomic E-state index is 12.6. The molecular formula is C69H126N6O14. The van der Waals surface area contributed by atoms with Crippen LogP contribution in [0.4, 0.5) is 0 Å². The van der Waals surface area contributed by atoms with Crippen LogP contribution in [0, 0.1) is 0 Å². The van der Waals surface area contributed by atoms with Crippen molar-refractivity contribution in [2.24, 2.45) is 0 Å². The van der Waals surface area contributed by atoms with E-state index in [1.807, 2.05) is 24.0 Å². The van der Waals surface area contributed by atoms with Crippen LogP contribution in [0.3, 0.4) is 0 Å². The summed E-state index contributed by atoms with van der Waals surface area (Å²) in [6.07, 6.45) is 6.16. The van der Waals surface area contributed by atoms with E-state index in [-0.39, 0.29) is 122 Å². The standard InChI is InChI=1S/C25H46N2O6.C23H42N2O4.C21H38N2O4/c1-11-30-26-22(3,4)14-18(15-23(26,5)6)32-20(28)13-21(29)33-19-16-24(7,8)27(31-12-2)25(9,10)17-19;1-20(2)12-16(13-21(3,4)24(20)9)28-18(26)11-19(27)29-17-14-22(5,6)25(10)23(7,8)15-17;1-18(2)10-14(11-19(3,4)22-18)26-16(24)9-17(25)27-15-12-20(5,6)23-21(7,8)13-15/h18-19H,11-17H2,1-10H3;16-17H,11-15H2,1-10H3;14-15,22-23H,9-13H2,1-8H3. The van der Waals surface area contributed by atoms with Crippen LogP contribution in [0.5, 0.6) is 0 Å². The maximum atomic E-state index is 12.6. The lowest BCUT2D eigenvalue weighted by molar-refractivity contribution is -0.291. The SMILES string of the molecule is CC1(C)CC(OC(=O)CC(=O)OC2CC(C)(C)NC(C)(C)C2)CC(C)(C)N1.CCON1C(C)(C)CC(OC(=O)CC(=O)OC2CC(C)(C)N(OCC)C(C)(C)C2)CC1(C)C.CN1C(C)(C)CC(OC(=O)CC(=O)OC2CC(C)(C)N(C)C(C)(C)C2)CC1(C)C. The molecular weight excluding hydrogens is 1140 g/mol. The summed E-state index contributed by atoms with van der Waals surface area (Å²) in [5.41, 5.74) is -1.92. The Balaban J connectivity index is 0.000000287. The Morgan fingerprint density at radius 1 is 0.292 bits per heavy atom. The number of rotatable bonds is 16. The molecule has 0 aromatic heterocycles. The zero-order valence-electron chi connectivity index (χ0n) is 61.0. The molecule has 6 fully saturated rings. The molecule has 20 nitrogen and oxygen atoms in total. The lowest BCUT2D eigenvalue weighted by Gasteiger charge is -2.53. The molecule has 0 aromatic rings. The Kier molecular flexibility index (Phi) is 25.1. The normalized spacial score (nSPS) is 26.6. The summed E-state index contributed by atoms with van der Waals surface area (Å²) in [5.74, 6) is -3.03. The van der Waals surface area contributed by atoms with Crippen molar-refractivity contribution in [2.45, 2.75) is 379 Å². The number of hydrogen-bond donors (Lipinski definition) is 2. The zero-order valence-corrected chi connectivity index (χ0v) is 61.0. The lowest BCUT2D eigenvalue weighted by Crippen LogP contribution is -2.62. The van der Waals surface area contributed by atoms with E-state index in [9.17, 15) is 28.8 Å². The van der Waals surface area contributed by atoms with Gasteiger partial charge in [0.25, 0.3) is 0 Å². The van der Waals surface area contributed by atoms with Gasteiger partial charge in [-0.1, -0.05) is 0 Å². The monoisotopic (exact) mass is 1260 g/mol. The van der Waals surface area contributed by atoms with Crippen LogP contribution < -0.4 is 10.6 Å². The molecule has 0 amide bonds. The first-order valence-corrected chi connectivity index (χ1v) is 33.2. The summed E-state index contributed by atoms with van der Waals surface area (Å²) >= 11 is 0. The largest absolute Gasteiger partial charge is 0.462 e. The van der Waals surface area contributed by atoms with Crippen molar-refractivity contribution in [1.82, 2.24) is 30.6 Å². The van der Waals surface area contributed by atoms with Gasteiger partial charge in [0.15, 0.2) is 0 Å². The van der Waals surface area contributed by atoms with E-state index in [4.69, 9.17) is 38.1 Å². The average Bonchev–Trinajstić information content (AvgIpc) is 0.827. The highest BCUT2D eigenvalue weighted by atomic mass is 16.7. The zero-order chi connectivity index (χ0) is 68.3. The van der Waals surface area contributed by atoms with Gasteiger partial charge in [-0.3, -0.25) is 48.2 Å². The third kappa shape index (κ3) is 22.9. The molecule has 0 atom stereocenters. The number of ether oxygens (including phenoxy) is 6. The van der Waals surface area contributed by atoms with Crippen molar-refractivity contribution in [3.8, 4) is 0 Å². The van der Waals surface area contributed by atoms with Crippen LogP contribution in [0.1, 0.15) is 276 Å². The second-order valence-corrected chi connectivity index (χ2v) is 34.5. The first-order valence-electron chi connectivity index (χ1n) is 33.2. The van der Waals surface area contributed by atoms with E-state index >= 15 is 0 Å². The van der Waals surface area contributed by atoms with Crippen molar-refractivity contribution in [3.63, 3.8) is 0 Å². The Morgan fingerprint density at radius 3 is 0.618 bits per heavy atom. The van der Waals surface area contributed by atoms with E-state index in [0.717, 1.165) is 51.4 Å². The minimum atomic E-state index is -0.535. The van der Waals surface area contributed by atoms with Crippen LogP contribution in [-0.4, -0.2) is 186 Å². The Bertz CT molecular complexity index is 2180. The molecule has 89 heavy (non-hydrogen) atoms.